The Hall–Kier alpha value is -2.58. The molecule has 1 N–H and O–H groups in total. The number of carbonyl (C=O) groups excluding carboxylic acids is 2. The second kappa shape index (κ2) is 9.38. The summed E-state index contributed by atoms with van der Waals surface area (Å²) in [6.45, 7) is 1.97. The number of aryl methyl sites for hydroxylation is 1. The van der Waals surface area contributed by atoms with Crippen molar-refractivity contribution < 1.29 is 18.8 Å². The maximum Gasteiger partial charge on any atom is 0.339 e. The molecule has 0 spiro atoms. The lowest BCUT2D eigenvalue weighted by Gasteiger charge is -2.09. The third kappa shape index (κ3) is 5.70. The average molecular weight is 402 g/mol. The van der Waals surface area contributed by atoms with Crippen LogP contribution in [0.4, 0.5) is 0 Å². The molecule has 3 rings (SSSR count). The van der Waals surface area contributed by atoms with E-state index >= 15 is 0 Å². The van der Waals surface area contributed by atoms with Gasteiger partial charge in [-0.15, -0.1) is 23.1 Å². The number of nitrogens with zero attached hydrogens (tertiary/aromatic N) is 1. The van der Waals surface area contributed by atoms with Crippen molar-refractivity contribution in [2.45, 2.75) is 24.1 Å². The van der Waals surface area contributed by atoms with Crippen LogP contribution in [0.15, 0.2) is 57.3 Å². The summed E-state index contributed by atoms with van der Waals surface area (Å²) in [4.78, 5) is 26.0. The van der Waals surface area contributed by atoms with Gasteiger partial charge in [0.2, 0.25) is 0 Å². The zero-order valence-electron chi connectivity index (χ0n) is 14.6. The van der Waals surface area contributed by atoms with Crippen LogP contribution in [-0.2, 0) is 21.8 Å². The molecule has 0 saturated carbocycles. The number of esters is 1. The van der Waals surface area contributed by atoms with Crippen LogP contribution in [0.3, 0.4) is 0 Å². The highest BCUT2D eigenvalue weighted by atomic mass is 32.2. The fraction of sp³-hybridized carbons (Fsp3) is 0.211. The summed E-state index contributed by atoms with van der Waals surface area (Å²) in [6.07, 6.45) is 0. The first-order valence-electron chi connectivity index (χ1n) is 8.22. The first kappa shape index (κ1) is 19.2. The van der Waals surface area contributed by atoms with Crippen molar-refractivity contribution in [3.8, 4) is 0 Å². The molecule has 0 fully saturated rings. The lowest BCUT2D eigenvalue weighted by Crippen LogP contribution is -2.28. The van der Waals surface area contributed by atoms with Gasteiger partial charge in [-0.1, -0.05) is 23.4 Å². The van der Waals surface area contributed by atoms with Gasteiger partial charge >= 0.3 is 5.97 Å². The first-order chi connectivity index (χ1) is 13.1. The van der Waals surface area contributed by atoms with E-state index in [1.54, 1.807) is 23.5 Å². The maximum absolute atomic E-state index is 12.4. The summed E-state index contributed by atoms with van der Waals surface area (Å²) in [5.74, 6) is 0.415. The number of hydrogen-bond acceptors (Lipinski definition) is 7. The van der Waals surface area contributed by atoms with Crippen molar-refractivity contribution >= 4 is 35.0 Å². The minimum atomic E-state index is -0.530. The number of thiophene rings is 1. The molecule has 0 aliphatic carbocycles. The molecule has 0 unspecified atom stereocenters. The lowest BCUT2D eigenvalue weighted by molar-refractivity contribution is -0.124. The van der Waals surface area contributed by atoms with E-state index in [1.807, 2.05) is 42.6 Å². The molecule has 0 aliphatic heterocycles. The Labute approximate surface area is 164 Å². The summed E-state index contributed by atoms with van der Waals surface area (Å²) in [5.41, 5.74) is 1.23. The van der Waals surface area contributed by atoms with E-state index < -0.39 is 5.97 Å². The van der Waals surface area contributed by atoms with Gasteiger partial charge in [-0.25, -0.2) is 4.79 Å². The van der Waals surface area contributed by atoms with Gasteiger partial charge in [-0.2, -0.15) is 0 Å². The number of rotatable bonds is 8. The summed E-state index contributed by atoms with van der Waals surface area (Å²) >= 11 is 3.01. The number of benzene rings is 1. The molecule has 1 amide bonds. The summed E-state index contributed by atoms with van der Waals surface area (Å²) in [6, 6.07) is 12.8. The Kier molecular flexibility index (Phi) is 6.67. The van der Waals surface area contributed by atoms with Crippen LogP contribution < -0.4 is 5.32 Å². The van der Waals surface area contributed by atoms with Gasteiger partial charge in [0.1, 0.15) is 5.76 Å². The summed E-state index contributed by atoms with van der Waals surface area (Å²) in [7, 11) is 0. The highest BCUT2D eigenvalue weighted by molar-refractivity contribution is 7.98. The molecule has 0 aliphatic rings. The van der Waals surface area contributed by atoms with Crippen molar-refractivity contribution in [1.82, 2.24) is 10.5 Å². The van der Waals surface area contributed by atoms with Gasteiger partial charge in [-0.3, -0.25) is 4.79 Å². The molecule has 1 aromatic carbocycles. The molecule has 27 heavy (non-hydrogen) atoms. The minimum Gasteiger partial charge on any atom is -0.452 e. The highest BCUT2D eigenvalue weighted by Gasteiger charge is 2.15. The number of hydrogen-bond donors (Lipinski definition) is 1. The van der Waals surface area contributed by atoms with E-state index in [4.69, 9.17) is 9.26 Å². The van der Waals surface area contributed by atoms with Gasteiger partial charge < -0.3 is 14.6 Å². The second-order valence-corrected chi connectivity index (χ2v) is 7.70. The maximum atomic E-state index is 12.4. The Balaban J connectivity index is 1.52. The van der Waals surface area contributed by atoms with Crippen molar-refractivity contribution in [2.75, 3.05) is 6.61 Å². The van der Waals surface area contributed by atoms with E-state index in [2.05, 4.69) is 10.5 Å². The van der Waals surface area contributed by atoms with Gasteiger partial charge in [0, 0.05) is 15.8 Å². The molecule has 0 saturated heterocycles. The molecule has 0 bridgehead atoms. The van der Waals surface area contributed by atoms with Crippen molar-refractivity contribution in [3.05, 3.63) is 69.7 Å². The van der Waals surface area contributed by atoms with Crippen LogP contribution in [0.25, 0.3) is 0 Å². The average Bonchev–Trinajstić information content (AvgIpc) is 3.34. The molecule has 8 heteroatoms. The molecule has 3 aromatic rings. The number of carbonyl (C=O) groups is 2. The van der Waals surface area contributed by atoms with E-state index in [-0.39, 0.29) is 12.5 Å². The summed E-state index contributed by atoms with van der Waals surface area (Å²) < 4.78 is 10.3. The zero-order chi connectivity index (χ0) is 19.1. The third-order valence-corrected chi connectivity index (χ3v) is 5.50. The molecular weight excluding hydrogens is 384 g/mol. The van der Waals surface area contributed by atoms with E-state index in [9.17, 15) is 9.59 Å². The normalized spacial score (nSPS) is 10.6. The first-order valence-corrected chi connectivity index (χ1v) is 10.1. The fourth-order valence-corrected chi connectivity index (χ4v) is 3.81. The molecule has 2 heterocycles. The molecule has 0 atom stereocenters. The van der Waals surface area contributed by atoms with Crippen LogP contribution in [0.5, 0.6) is 0 Å². The monoisotopic (exact) mass is 402 g/mol. The van der Waals surface area contributed by atoms with Gasteiger partial charge in [0.15, 0.2) is 6.61 Å². The molecule has 2 aromatic heterocycles. The van der Waals surface area contributed by atoms with Crippen LogP contribution >= 0.6 is 23.1 Å². The second-order valence-electron chi connectivity index (χ2n) is 5.65. The topological polar surface area (TPSA) is 81.4 Å². The quantitative estimate of drug-likeness (QED) is 0.456. The van der Waals surface area contributed by atoms with Crippen LogP contribution in [0.1, 0.15) is 26.7 Å². The Morgan fingerprint density at radius 2 is 2.11 bits per heavy atom. The van der Waals surface area contributed by atoms with Gasteiger partial charge in [-0.05, 0) is 30.5 Å². The fourth-order valence-electron chi connectivity index (χ4n) is 2.25. The van der Waals surface area contributed by atoms with Crippen LogP contribution in [-0.4, -0.2) is 23.6 Å². The molecule has 140 valence electrons. The smallest absolute Gasteiger partial charge is 0.339 e. The van der Waals surface area contributed by atoms with E-state index in [1.165, 1.54) is 11.8 Å². The molecule has 0 radical (unpaired) electrons. The van der Waals surface area contributed by atoms with E-state index in [0.29, 0.717) is 17.9 Å². The van der Waals surface area contributed by atoms with Gasteiger partial charge in [0.25, 0.3) is 5.91 Å². The summed E-state index contributed by atoms with van der Waals surface area (Å²) in [5, 5.41) is 8.51. The number of aromatic nitrogens is 1. The molecule has 6 nitrogen and oxygen atoms in total. The number of nitrogens with one attached hydrogen (secondary N) is 1. The predicted octanol–water partition coefficient (Wildman–Crippen LogP) is 3.81. The Bertz CT molecular complexity index is 906. The zero-order valence-corrected chi connectivity index (χ0v) is 16.3. The number of amides is 1. The predicted molar refractivity (Wildman–Crippen MR) is 104 cm³/mol. The Morgan fingerprint density at radius 1 is 1.26 bits per heavy atom. The number of ether oxygens (including phenoxy) is 1. The third-order valence-electron chi connectivity index (χ3n) is 3.53. The molecular formula is C19H18N2O4S2. The standard InChI is InChI=1S/C19H18N2O4S2/c1-13-9-14(25-21-13)12-27-17-7-3-2-6-16(17)19(23)24-11-18(22)20-10-15-5-4-8-26-15/h2-9H,10-12H2,1H3,(H,20,22). The van der Waals surface area contributed by atoms with Crippen LogP contribution in [0.2, 0.25) is 0 Å². The number of thioether (sulfide) groups is 1. The van der Waals surface area contributed by atoms with E-state index in [0.717, 1.165) is 21.2 Å². The van der Waals surface area contributed by atoms with Crippen LogP contribution in [0, 0.1) is 6.92 Å². The lowest BCUT2D eigenvalue weighted by atomic mass is 10.2. The van der Waals surface area contributed by atoms with Crippen molar-refractivity contribution in [2.24, 2.45) is 0 Å². The SMILES string of the molecule is Cc1cc(CSc2ccccc2C(=O)OCC(=O)NCc2cccs2)on1. The van der Waals surface area contributed by atoms with Gasteiger partial charge in [0.05, 0.1) is 23.6 Å². The van der Waals surface area contributed by atoms with Crippen molar-refractivity contribution in [3.63, 3.8) is 0 Å². The largest absolute Gasteiger partial charge is 0.452 e. The Morgan fingerprint density at radius 3 is 2.85 bits per heavy atom. The van der Waals surface area contributed by atoms with Crippen molar-refractivity contribution in [1.29, 1.82) is 0 Å². The minimum absolute atomic E-state index is 0.315. The highest BCUT2D eigenvalue weighted by Crippen LogP contribution is 2.27.